The maximum Gasteiger partial charge on any atom is 0.252 e. The highest BCUT2D eigenvalue weighted by molar-refractivity contribution is 14.1. The fourth-order valence-electron chi connectivity index (χ4n) is 2.25. The average molecular weight is 433 g/mol. The van der Waals surface area contributed by atoms with Crippen LogP contribution in [0.25, 0.3) is 0 Å². The molecule has 1 fully saturated rings. The van der Waals surface area contributed by atoms with Crippen LogP contribution in [0, 0.1) is 3.57 Å². The number of pyridine rings is 1. The Morgan fingerprint density at radius 1 is 1.33 bits per heavy atom. The van der Waals surface area contributed by atoms with Crippen LogP contribution in [0.4, 0.5) is 0 Å². The second-order valence-corrected chi connectivity index (χ2v) is 6.93. The van der Waals surface area contributed by atoms with E-state index >= 15 is 0 Å². The quantitative estimate of drug-likeness (QED) is 0.735. The van der Waals surface area contributed by atoms with Gasteiger partial charge in [-0.15, -0.1) is 0 Å². The number of halogens is 3. The number of benzene rings is 1. The standard InChI is InChI=1S/C15H11Cl2IN2O/c16-8-5-11(17)14(19-7-8)10-6-13(10)20-15(21)9-3-1-2-4-12(9)18/h1-5,7,10,13H,6H2,(H,20,21)/t10-,13-/m0/s1. The number of aromatic nitrogens is 1. The lowest BCUT2D eigenvalue weighted by atomic mass is 10.2. The van der Waals surface area contributed by atoms with Crippen molar-refractivity contribution in [1.82, 2.24) is 10.3 Å². The van der Waals surface area contributed by atoms with Gasteiger partial charge < -0.3 is 5.32 Å². The van der Waals surface area contributed by atoms with Gasteiger partial charge in [-0.2, -0.15) is 0 Å². The van der Waals surface area contributed by atoms with Gasteiger partial charge in [-0.25, -0.2) is 0 Å². The van der Waals surface area contributed by atoms with Crippen LogP contribution in [0.1, 0.15) is 28.4 Å². The molecule has 1 aromatic carbocycles. The van der Waals surface area contributed by atoms with Crippen LogP contribution >= 0.6 is 45.8 Å². The molecular weight excluding hydrogens is 422 g/mol. The maximum absolute atomic E-state index is 12.2. The van der Waals surface area contributed by atoms with E-state index in [0.717, 1.165) is 15.7 Å². The Labute approximate surface area is 146 Å². The molecule has 6 heteroatoms. The molecule has 1 N–H and O–H groups in total. The van der Waals surface area contributed by atoms with Crippen LogP contribution < -0.4 is 5.32 Å². The van der Waals surface area contributed by atoms with Gasteiger partial charge in [-0.1, -0.05) is 35.3 Å². The summed E-state index contributed by atoms with van der Waals surface area (Å²) in [6, 6.07) is 9.27. The van der Waals surface area contributed by atoms with Crippen molar-refractivity contribution in [3.05, 3.63) is 61.4 Å². The summed E-state index contributed by atoms with van der Waals surface area (Å²) in [4.78, 5) is 16.5. The average Bonchev–Trinajstić information content (AvgIpc) is 3.18. The Morgan fingerprint density at radius 3 is 2.81 bits per heavy atom. The summed E-state index contributed by atoms with van der Waals surface area (Å²) >= 11 is 14.1. The van der Waals surface area contributed by atoms with E-state index < -0.39 is 0 Å². The number of nitrogens with one attached hydrogen (secondary N) is 1. The first-order chi connectivity index (χ1) is 10.1. The molecular formula is C15H11Cl2IN2O. The first-order valence-corrected chi connectivity index (χ1v) is 8.26. The first-order valence-electron chi connectivity index (χ1n) is 6.42. The van der Waals surface area contributed by atoms with Crippen LogP contribution in [0.3, 0.4) is 0 Å². The Balaban J connectivity index is 1.69. The predicted molar refractivity (Wildman–Crippen MR) is 92.0 cm³/mol. The van der Waals surface area contributed by atoms with Crippen molar-refractivity contribution in [2.75, 3.05) is 0 Å². The summed E-state index contributed by atoms with van der Waals surface area (Å²) in [5.74, 6) is 0.109. The van der Waals surface area contributed by atoms with Gasteiger partial charge in [-0.05, 0) is 47.2 Å². The minimum Gasteiger partial charge on any atom is -0.349 e. The summed E-state index contributed by atoms with van der Waals surface area (Å²) in [5, 5.41) is 4.10. The van der Waals surface area contributed by atoms with Gasteiger partial charge in [0.1, 0.15) is 0 Å². The largest absolute Gasteiger partial charge is 0.349 e. The molecule has 1 aromatic heterocycles. The zero-order valence-electron chi connectivity index (χ0n) is 10.8. The van der Waals surface area contributed by atoms with Gasteiger partial charge in [-0.3, -0.25) is 9.78 Å². The fraction of sp³-hybridized carbons (Fsp3) is 0.200. The van der Waals surface area contributed by atoms with E-state index in [9.17, 15) is 4.79 Å². The van der Waals surface area contributed by atoms with Crippen LogP contribution in [-0.2, 0) is 0 Å². The van der Waals surface area contributed by atoms with Crippen LogP contribution in [-0.4, -0.2) is 16.9 Å². The maximum atomic E-state index is 12.2. The van der Waals surface area contributed by atoms with E-state index in [1.165, 1.54) is 0 Å². The molecule has 108 valence electrons. The highest BCUT2D eigenvalue weighted by Crippen LogP contribution is 2.43. The summed E-state index contributed by atoms with van der Waals surface area (Å²) in [6.07, 6.45) is 2.43. The van der Waals surface area contributed by atoms with Crippen molar-refractivity contribution < 1.29 is 4.79 Å². The summed E-state index contributed by atoms with van der Waals surface area (Å²) < 4.78 is 0.937. The Kier molecular flexibility index (Phi) is 4.38. The molecule has 1 heterocycles. The lowest BCUT2D eigenvalue weighted by Crippen LogP contribution is -2.27. The molecule has 2 atom stereocenters. The Hall–Kier alpha value is -0.850. The molecule has 1 saturated carbocycles. The van der Waals surface area contributed by atoms with Crippen LogP contribution in [0.2, 0.25) is 10.0 Å². The predicted octanol–water partition coefficient (Wildman–Crippen LogP) is 4.28. The van der Waals surface area contributed by atoms with Gasteiger partial charge in [0.05, 0.1) is 21.3 Å². The lowest BCUT2D eigenvalue weighted by molar-refractivity contribution is 0.0949. The molecule has 0 spiro atoms. The molecule has 0 saturated heterocycles. The van der Waals surface area contributed by atoms with Gasteiger partial charge >= 0.3 is 0 Å². The van der Waals surface area contributed by atoms with E-state index in [4.69, 9.17) is 23.2 Å². The van der Waals surface area contributed by atoms with Crippen molar-refractivity contribution in [3.63, 3.8) is 0 Å². The fourth-order valence-corrected chi connectivity index (χ4v) is 3.40. The molecule has 0 radical (unpaired) electrons. The molecule has 0 unspecified atom stereocenters. The molecule has 1 aliphatic carbocycles. The van der Waals surface area contributed by atoms with E-state index in [1.54, 1.807) is 12.3 Å². The Morgan fingerprint density at radius 2 is 2.10 bits per heavy atom. The van der Waals surface area contributed by atoms with Crippen molar-refractivity contribution in [1.29, 1.82) is 0 Å². The number of amides is 1. The summed E-state index contributed by atoms with van der Waals surface area (Å²) in [6.45, 7) is 0. The molecule has 1 aliphatic rings. The molecule has 3 nitrogen and oxygen atoms in total. The second kappa shape index (κ2) is 6.10. The topological polar surface area (TPSA) is 42.0 Å². The van der Waals surface area contributed by atoms with Crippen LogP contribution in [0.5, 0.6) is 0 Å². The van der Waals surface area contributed by atoms with Gasteiger partial charge in [0.2, 0.25) is 0 Å². The van der Waals surface area contributed by atoms with Crippen molar-refractivity contribution >= 4 is 51.7 Å². The summed E-state index contributed by atoms with van der Waals surface area (Å²) in [7, 11) is 0. The zero-order chi connectivity index (χ0) is 15.0. The SMILES string of the molecule is O=C(N[C@H]1C[C@@H]1c1ncc(Cl)cc1Cl)c1ccccc1I. The lowest BCUT2D eigenvalue weighted by Gasteiger charge is -2.07. The number of carbonyl (C=O) groups is 1. The molecule has 3 rings (SSSR count). The third kappa shape index (κ3) is 3.33. The molecule has 0 bridgehead atoms. The van der Waals surface area contributed by atoms with Gasteiger partial charge in [0, 0.05) is 21.7 Å². The van der Waals surface area contributed by atoms with Gasteiger partial charge in [0.25, 0.3) is 5.91 Å². The third-order valence-electron chi connectivity index (χ3n) is 3.41. The minimum absolute atomic E-state index is 0.0578. The second-order valence-electron chi connectivity index (χ2n) is 4.92. The van der Waals surface area contributed by atoms with E-state index in [2.05, 4.69) is 32.9 Å². The summed E-state index contributed by atoms with van der Waals surface area (Å²) in [5.41, 5.74) is 1.49. The van der Waals surface area contributed by atoms with E-state index in [0.29, 0.717) is 15.6 Å². The van der Waals surface area contributed by atoms with Crippen molar-refractivity contribution in [3.8, 4) is 0 Å². The van der Waals surface area contributed by atoms with E-state index in [-0.39, 0.29) is 17.9 Å². The molecule has 21 heavy (non-hydrogen) atoms. The third-order valence-corrected chi connectivity index (χ3v) is 4.86. The van der Waals surface area contributed by atoms with Gasteiger partial charge in [0.15, 0.2) is 0 Å². The smallest absolute Gasteiger partial charge is 0.252 e. The number of rotatable bonds is 3. The van der Waals surface area contributed by atoms with Crippen molar-refractivity contribution in [2.45, 2.75) is 18.4 Å². The normalized spacial score (nSPS) is 20.1. The highest BCUT2D eigenvalue weighted by Gasteiger charge is 2.42. The molecule has 0 aliphatic heterocycles. The van der Waals surface area contributed by atoms with E-state index in [1.807, 2.05) is 24.3 Å². The number of carbonyl (C=O) groups excluding carboxylic acids is 1. The minimum atomic E-state index is -0.0578. The number of hydrogen-bond acceptors (Lipinski definition) is 2. The monoisotopic (exact) mass is 432 g/mol. The number of nitrogens with zero attached hydrogens (tertiary/aromatic N) is 1. The molecule has 1 amide bonds. The highest BCUT2D eigenvalue weighted by atomic mass is 127. The zero-order valence-corrected chi connectivity index (χ0v) is 14.5. The van der Waals surface area contributed by atoms with Crippen molar-refractivity contribution in [2.24, 2.45) is 0 Å². The van der Waals surface area contributed by atoms with Crippen LogP contribution in [0.15, 0.2) is 36.5 Å². The Bertz CT molecular complexity index is 708. The number of hydrogen-bond donors (Lipinski definition) is 1. The first kappa shape index (κ1) is 15.1. The molecule has 2 aromatic rings.